The van der Waals surface area contributed by atoms with E-state index in [2.05, 4.69) is 0 Å². The quantitative estimate of drug-likeness (QED) is 0.877. The number of benzene rings is 1. The molecule has 1 aliphatic rings. The summed E-state index contributed by atoms with van der Waals surface area (Å²) >= 11 is 0. The lowest BCUT2D eigenvalue weighted by molar-refractivity contribution is -0.135. The van der Waals surface area contributed by atoms with Gasteiger partial charge in [-0.3, -0.25) is 9.69 Å². The monoisotopic (exact) mass is 318 g/mol. The maximum Gasteiger partial charge on any atom is 0.244 e. The van der Waals surface area contributed by atoms with Gasteiger partial charge in [0.15, 0.2) is 0 Å². The van der Waals surface area contributed by atoms with Gasteiger partial charge in [-0.25, -0.2) is 0 Å². The van der Waals surface area contributed by atoms with Gasteiger partial charge in [-0.15, -0.1) is 0 Å². The largest absolute Gasteiger partial charge is 0.390 e. The van der Waals surface area contributed by atoms with E-state index < -0.39 is 5.60 Å². The second kappa shape index (κ2) is 7.45. The fourth-order valence-corrected chi connectivity index (χ4v) is 3.50. The van der Waals surface area contributed by atoms with Crippen LogP contribution in [0.25, 0.3) is 0 Å². The molecule has 0 saturated heterocycles. The van der Waals surface area contributed by atoms with E-state index in [1.807, 2.05) is 57.2 Å². The molecular weight excluding hydrogens is 288 g/mol. The number of amides is 1. The second-order valence-electron chi connectivity index (χ2n) is 7.16. The summed E-state index contributed by atoms with van der Waals surface area (Å²) in [7, 11) is 5.72. The highest BCUT2D eigenvalue weighted by Crippen LogP contribution is 2.32. The fourth-order valence-electron chi connectivity index (χ4n) is 3.50. The first-order valence-electron chi connectivity index (χ1n) is 8.53. The molecule has 0 heterocycles. The third kappa shape index (κ3) is 4.33. The van der Waals surface area contributed by atoms with Crippen molar-refractivity contribution in [3.63, 3.8) is 0 Å². The Morgan fingerprint density at radius 1 is 1.22 bits per heavy atom. The van der Waals surface area contributed by atoms with Crippen molar-refractivity contribution in [1.82, 2.24) is 9.80 Å². The predicted molar refractivity (Wildman–Crippen MR) is 93.3 cm³/mol. The van der Waals surface area contributed by atoms with Crippen molar-refractivity contribution >= 4 is 5.91 Å². The van der Waals surface area contributed by atoms with E-state index in [0.717, 1.165) is 36.8 Å². The van der Waals surface area contributed by atoms with Gasteiger partial charge in [-0.2, -0.15) is 0 Å². The third-order valence-electron chi connectivity index (χ3n) is 5.06. The average Bonchev–Trinajstić information content (AvgIpc) is 2.94. The van der Waals surface area contributed by atoms with Gasteiger partial charge in [0, 0.05) is 13.6 Å². The van der Waals surface area contributed by atoms with Crippen LogP contribution in [0.4, 0.5) is 0 Å². The van der Waals surface area contributed by atoms with Crippen LogP contribution in [-0.2, 0) is 4.79 Å². The highest BCUT2D eigenvalue weighted by Gasteiger charge is 2.33. The summed E-state index contributed by atoms with van der Waals surface area (Å²) in [6.07, 6.45) is 4.59. The number of nitrogens with zero attached hydrogens (tertiary/aromatic N) is 2. The van der Waals surface area contributed by atoms with Crippen LogP contribution in [0.2, 0.25) is 0 Å². The molecule has 4 nitrogen and oxygen atoms in total. The van der Waals surface area contributed by atoms with Gasteiger partial charge in [0.25, 0.3) is 0 Å². The molecule has 0 unspecified atom stereocenters. The van der Waals surface area contributed by atoms with Crippen LogP contribution in [0.15, 0.2) is 24.3 Å². The fraction of sp³-hybridized carbons (Fsp3) is 0.632. The molecule has 0 spiro atoms. The molecule has 0 aromatic heterocycles. The Hall–Kier alpha value is -1.39. The average molecular weight is 318 g/mol. The van der Waals surface area contributed by atoms with Crippen LogP contribution in [-0.4, -0.2) is 54.1 Å². The zero-order chi connectivity index (χ0) is 17.0. The van der Waals surface area contributed by atoms with Crippen molar-refractivity contribution in [2.45, 2.75) is 50.7 Å². The van der Waals surface area contributed by atoms with Crippen LogP contribution in [0, 0.1) is 6.92 Å². The standard InChI is InChI=1S/C19H30N2O2/c1-15-9-5-6-10-16(15)17(20(2)3)18(22)21(4)14-13-19(23)11-7-8-12-19/h5-6,9-10,17,23H,7-8,11-14H2,1-4H3/t17-/m0/s1. The minimum Gasteiger partial charge on any atom is -0.390 e. The molecule has 1 saturated carbocycles. The van der Waals surface area contributed by atoms with E-state index in [-0.39, 0.29) is 11.9 Å². The summed E-state index contributed by atoms with van der Waals surface area (Å²) < 4.78 is 0. The lowest BCUT2D eigenvalue weighted by atomic mass is 9.96. The van der Waals surface area contributed by atoms with Crippen LogP contribution in [0.3, 0.4) is 0 Å². The molecule has 0 bridgehead atoms. The van der Waals surface area contributed by atoms with Gasteiger partial charge in [0.2, 0.25) is 5.91 Å². The first-order valence-corrected chi connectivity index (χ1v) is 8.53. The summed E-state index contributed by atoms with van der Waals surface area (Å²) in [5.41, 5.74) is 1.61. The second-order valence-corrected chi connectivity index (χ2v) is 7.16. The summed E-state index contributed by atoms with van der Waals surface area (Å²) in [4.78, 5) is 16.7. The molecule has 1 aliphatic carbocycles. The molecule has 1 amide bonds. The van der Waals surface area contributed by atoms with Crippen molar-refractivity contribution in [1.29, 1.82) is 0 Å². The Morgan fingerprint density at radius 2 is 1.83 bits per heavy atom. The molecule has 23 heavy (non-hydrogen) atoms. The van der Waals surface area contributed by atoms with Gasteiger partial charge < -0.3 is 10.0 Å². The number of aliphatic hydroxyl groups is 1. The maximum absolute atomic E-state index is 12.9. The lowest BCUT2D eigenvalue weighted by Crippen LogP contribution is -2.41. The first kappa shape index (κ1) is 18.0. The third-order valence-corrected chi connectivity index (χ3v) is 5.06. The Kier molecular flexibility index (Phi) is 5.82. The molecule has 1 N–H and O–H groups in total. The Morgan fingerprint density at radius 3 is 2.39 bits per heavy atom. The van der Waals surface area contributed by atoms with E-state index in [9.17, 15) is 9.90 Å². The summed E-state index contributed by atoms with van der Waals surface area (Å²) in [6.45, 7) is 2.64. The molecule has 4 heteroatoms. The van der Waals surface area contributed by atoms with Crippen LogP contribution in [0.5, 0.6) is 0 Å². The highest BCUT2D eigenvalue weighted by atomic mass is 16.3. The number of hydrogen-bond acceptors (Lipinski definition) is 3. The van der Waals surface area contributed by atoms with Crippen LogP contribution in [0.1, 0.15) is 49.3 Å². The highest BCUT2D eigenvalue weighted by molar-refractivity contribution is 5.83. The number of carbonyl (C=O) groups excluding carboxylic acids is 1. The summed E-state index contributed by atoms with van der Waals surface area (Å²) in [5.74, 6) is 0.0888. The SMILES string of the molecule is Cc1ccccc1[C@@H](C(=O)N(C)CCC1(O)CCCC1)N(C)C. The van der Waals surface area contributed by atoms with E-state index in [1.54, 1.807) is 4.90 Å². The molecule has 2 rings (SSSR count). The van der Waals surface area contributed by atoms with Crippen LogP contribution < -0.4 is 0 Å². The normalized spacial score (nSPS) is 18.2. The van der Waals surface area contributed by atoms with Crippen molar-refractivity contribution < 1.29 is 9.90 Å². The van der Waals surface area contributed by atoms with Gasteiger partial charge in [-0.1, -0.05) is 37.1 Å². The van der Waals surface area contributed by atoms with Crippen molar-refractivity contribution in [3.05, 3.63) is 35.4 Å². The van der Waals surface area contributed by atoms with Crippen molar-refractivity contribution in [3.8, 4) is 0 Å². The Labute approximate surface area is 140 Å². The van der Waals surface area contributed by atoms with E-state index in [1.165, 1.54) is 0 Å². The molecule has 1 aromatic carbocycles. The zero-order valence-corrected chi connectivity index (χ0v) is 14.9. The topological polar surface area (TPSA) is 43.8 Å². The number of aryl methyl sites for hydroxylation is 1. The molecule has 1 atom stereocenters. The zero-order valence-electron chi connectivity index (χ0n) is 14.9. The molecule has 1 aromatic rings. The summed E-state index contributed by atoms with van der Waals surface area (Å²) in [5, 5.41) is 10.5. The summed E-state index contributed by atoms with van der Waals surface area (Å²) in [6, 6.07) is 7.76. The number of carbonyl (C=O) groups is 1. The lowest BCUT2D eigenvalue weighted by Gasteiger charge is -2.31. The van der Waals surface area contributed by atoms with Gasteiger partial charge >= 0.3 is 0 Å². The Bertz CT molecular complexity index is 536. The molecule has 0 aliphatic heterocycles. The van der Waals surface area contributed by atoms with Crippen molar-refractivity contribution in [2.75, 3.05) is 27.7 Å². The van der Waals surface area contributed by atoms with E-state index >= 15 is 0 Å². The molecule has 0 radical (unpaired) electrons. The number of rotatable bonds is 6. The van der Waals surface area contributed by atoms with E-state index in [0.29, 0.717) is 13.0 Å². The van der Waals surface area contributed by atoms with Crippen LogP contribution >= 0.6 is 0 Å². The Balaban J connectivity index is 2.07. The minimum atomic E-state index is -0.565. The van der Waals surface area contributed by atoms with Gasteiger partial charge in [0.05, 0.1) is 5.60 Å². The maximum atomic E-state index is 12.9. The number of hydrogen-bond donors (Lipinski definition) is 1. The molecule has 128 valence electrons. The minimum absolute atomic E-state index is 0.0888. The smallest absolute Gasteiger partial charge is 0.244 e. The molecule has 1 fully saturated rings. The van der Waals surface area contributed by atoms with Crippen molar-refractivity contribution in [2.24, 2.45) is 0 Å². The van der Waals surface area contributed by atoms with Gasteiger partial charge in [-0.05, 0) is 51.4 Å². The van der Waals surface area contributed by atoms with Gasteiger partial charge in [0.1, 0.15) is 6.04 Å². The predicted octanol–water partition coefficient (Wildman–Crippen LogP) is 2.75. The molecular formula is C19H30N2O2. The first-order chi connectivity index (χ1) is 10.8. The number of likely N-dealkylation sites (N-methyl/N-ethyl adjacent to an activating group) is 2. The van der Waals surface area contributed by atoms with E-state index in [4.69, 9.17) is 0 Å².